The Morgan fingerprint density at radius 2 is 1.85 bits per heavy atom. The first kappa shape index (κ1) is 28.0. The monoisotopic (exact) mass is 572 g/mol. The van der Waals surface area contributed by atoms with Gasteiger partial charge in [0.1, 0.15) is 11.8 Å². The van der Waals surface area contributed by atoms with Crippen LogP contribution in [0, 0.1) is 13.8 Å². The molecule has 3 aromatic rings. The summed E-state index contributed by atoms with van der Waals surface area (Å²) >= 11 is 1.49. The first-order valence-corrected chi connectivity index (χ1v) is 15.7. The standard InChI is InChI=1S/C28H36N4O5S2/c1-20-18-24-26(19-21(20)2)38-28(29-24)31(12-5-11-30-14-16-37-17-15-30)27(33)25-6-4-13-32(25)39(34,35)23-9-7-22(36-3)8-10-23/h7-10,18-19,25H,4-6,11-17H2,1-3H3. The molecular weight excluding hydrogens is 536 g/mol. The lowest BCUT2D eigenvalue weighted by molar-refractivity contribution is -0.121. The van der Waals surface area contributed by atoms with Crippen LogP contribution in [-0.4, -0.2) is 87.6 Å². The van der Waals surface area contributed by atoms with Crippen molar-refractivity contribution in [2.45, 2.75) is 44.0 Å². The Bertz CT molecular complexity index is 1380. The van der Waals surface area contributed by atoms with Gasteiger partial charge in [0.05, 0.1) is 35.4 Å². The molecule has 2 aliphatic heterocycles. The molecule has 0 N–H and O–H groups in total. The number of aromatic nitrogens is 1. The lowest BCUT2D eigenvalue weighted by Crippen LogP contribution is -2.48. The van der Waals surface area contributed by atoms with E-state index in [9.17, 15) is 13.2 Å². The van der Waals surface area contributed by atoms with Crippen molar-refractivity contribution in [3.63, 3.8) is 0 Å². The van der Waals surface area contributed by atoms with E-state index < -0.39 is 16.1 Å². The number of methoxy groups -OCH3 is 1. The first-order valence-electron chi connectivity index (χ1n) is 13.4. The topological polar surface area (TPSA) is 92.3 Å². The molecule has 2 aromatic carbocycles. The maximum absolute atomic E-state index is 14.2. The average Bonchev–Trinajstić information content (AvgIpc) is 3.60. The number of ether oxygens (including phenoxy) is 2. The van der Waals surface area contributed by atoms with Gasteiger partial charge in [0.25, 0.3) is 0 Å². The first-order chi connectivity index (χ1) is 18.8. The summed E-state index contributed by atoms with van der Waals surface area (Å²) in [6.07, 6.45) is 1.88. The molecule has 2 aliphatic rings. The number of aryl methyl sites for hydroxylation is 2. The van der Waals surface area contributed by atoms with Crippen molar-refractivity contribution in [1.29, 1.82) is 0 Å². The van der Waals surface area contributed by atoms with Gasteiger partial charge in [0.2, 0.25) is 15.9 Å². The normalized spacial score (nSPS) is 19.0. The second-order valence-electron chi connectivity index (χ2n) is 10.1. The number of carbonyl (C=O) groups excluding carboxylic acids is 1. The molecule has 0 aliphatic carbocycles. The quantitative estimate of drug-likeness (QED) is 0.385. The highest BCUT2D eigenvalue weighted by Crippen LogP contribution is 2.34. The molecule has 0 saturated carbocycles. The highest BCUT2D eigenvalue weighted by Gasteiger charge is 2.42. The number of hydrogen-bond acceptors (Lipinski definition) is 8. The molecule has 11 heteroatoms. The Balaban J connectivity index is 1.42. The van der Waals surface area contributed by atoms with Crippen LogP contribution in [0.25, 0.3) is 10.2 Å². The van der Waals surface area contributed by atoms with Gasteiger partial charge >= 0.3 is 0 Å². The average molecular weight is 573 g/mol. The number of thiazole rings is 1. The van der Waals surface area contributed by atoms with Crippen LogP contribution in [0.2, 0.25) is 0 Å². The highest BCUT2D eigenvalue weighted by atomic mass is 32.2. The maximum Gasteiger partial charge on any atom is 0.247 e. The minimum atomic E-state index is -3.86. The molecule has 210 valence electrons. The van der Waals surface area contributed by atoms with Crippen molar-refractivity contribution in [3.05, 3.63) is 47.5 Å². The molecule has 9 nitrogen and oxygen atoms in total. The van der Waals surface area contributed by atoms with Gasteiger partial charge in [-0.3, -0.25) is 14.6 Å². The summed E-state index contributed by atoms with van der Waals surface area (Å²) in [7, 11) is -2.32. The molecule has 0 spiro atoms. The highest BCUT2D eigenvalue weighted by molar-refractivity contribution is 7.89. The number of fused-ring (bicyclic) bond motifs is 1. The number of nitrogens with zero attached hydrogens (tertiary/aromatic N) is 4. The molecule has 0 radical (unpaired) electrons. The number of benzene rings is 2. The van der Waals surface area contributed by atoms with E-state index in [1.165, 1.54) is 40.4 Å². The van der Waals surface area contributed by atoms with Crippen LogP contribution in [0.1, 0.15) is 30.4 Å². The number of carbonyl (C=O) groups is 1. The number of sulfonamides is 1. The minimum absolute atomic E-state index is 0.160. The largest absolute Gasteiger partial charge is 0.497 e. The van der Waals surface area contributed by atoms with E-state index >= 15 is 0 Å². The third kappa shape index (κ3) is 5.97. The Labute approximate surface area is 234 Å². The summed E-state index contributed by atoms with van der Waals surface area (Å²) in [6.45, 7) is 8.95. The van der Waals surface area contributed by atoms with Crippen molar-refractivity contribution >= 4 is 42.6 Å². The fourth-order valence-electron chi connectivity index (χ4n) is 5.20. The molecule has 1 atom stereocenters. The van der Waals surface area contributed by atoms with Crippen LogP contribution < -0.4 is 9.64 Å². The minimum Gasteiger partial charge on any atom is -0.497 e. The number of morpholine rings is 1. The smallest absolute Gasteiger partial charge is 0.247 e. The zero-order valence-electron chi connectivity index (χ0n) is 22.8. The predicted octanol–water partition coefficient (Wildman–Crippen LogP) is 3.83. The lowest BCUT2D eigenvalue weighted by atomic mass is 10.1. The van der Waals surface area contributed by atoms with Gasteiger partial charge in [-0.1, -0.05) is 11.3 Å². The summed E-state index contributed by atoms with van der Waals surface area (Å²) in [6, 6.07) is 9.72. The molecule has 39 heavy (non-hydrogen) atoms. The zero-order chi connectivity index (χ0) is 27.6. The molecule has 3 heterocycles. The second-order valence-corrected chi connectivity index (χ2v) is 13.0. The van der Waals surface area contributed by atoms with E-state index in [0.29, 0.717) is 36.8 Å². The number of amides is 1. The van der Waals surface area contributed by atoms with E-state index in [1.807, 2.05) is 0 Å². The van der Waals surface area contributed by atoms with Gasteiger partial charge in [-0.05, 0) is 80.6 Å². The SMILES string of the molecule is COc1ccc(S(=O)(=O)N2CCCC2C(=O)N(CCCN2CCOCC2)c2nc3cc(C)c(C)cc3s2)cc1. The molecule has 5 rings (SSSR count). The van der Waals surface area contributed by atoms with Gasteiger partial charge in [-0.2, -0.15) is 4.31 Å². The molecular formula is C28H36N4O5S2. The number of rotatable bonds is 9. The molecule has 2 fully saturated rings. The van der Waals surface area contributed by atoms with Crippen LogP contribution in [0.15, 0.2) is 41.3 Å². The molecule has 1 aromatic heterocycles. The summed E-state index contributed by atoms with van der Waals surface area (Å²) < 4.78 is 40.3. The predicted molar refractivity (Wildman–Crippen MR) is 153 cm³/mol. The second kappa shape index (κ2) is 11.9. The molecule has 1 amide bonds. The van der Waals surface area contributed by atoms with E-state index in [-0.39, 0.29) is 10.8 Å². The molecule has 0 bridgehead atoms. The third-order valence-electron chi connectivity index (χ3n) is 7.60. The Hall–Kier alpha value is -2.57. The Kier molecular flexibility index (Phi) is 8.53. The molecule has 1 unspecified atom stereocenters. The van der Waals surface area contributed by atoms with Crippen LogP contribution in [0.3, 0.4) is 0 Å². The van der Waals surface area contributed by atoms with Gasteiger partial charge in [0.15, 0.2) is 5.13 Å². The van der Waals surface area contributed by atoms with E-state index in [0.717, 1.165) is 55.0 Å². The van der Waals surface area contributed by atoms with Crippen LogP contribution in [0.5, 0.6) is 5.75 Å². The fraction of sp³-hybridized carbons (Fsp3) is 0.500. The third-order valence-corrected chi connectivity index (χ3v) is 10.6. The summed E-state index contributed by atoms with van der Waals surface area (Å²) in [5.74, 6) is 0.370. The van der Waals surface area contributed by atoms with E-state index in [4.69, 9.17) is 14.5 Å². The van der Waals surface area contributed by atoms with E-state index in [1.54, 1.807) is 17.0 Å². The fourth-order valence-corrected chi connectivity index (χ4v) is 7.93. The van der Waals surface area contributed by atoms with Crippen molar-refractivity contribution in [2.75, 3.05) is 57.9 Å². The van der Waals surface area contributed by atoms with Crippen molar-refractivity contribution < 1.29 is 22.7 Å². The van der Waals surface area contributed by atoms with Crippen LogP contribution in [-0.2, 0) is 19.6 Å². The Morgan fingerprint density at radius 3 is 2.56 bits per heavy atom. The summed E-state index contributed by atoms with van der Waals surface area (Å²) in [5, 5.41) is 0.621. The number of anilines is 1. The Morgan fingerprint density at radius 1 is 1.13 bits per heavy atom. The van der Waals surface area contributed by atoms with Crippen LogP contribution >= 0.6 is 11.3 Å². The van der Waals surface area contributed by atoms with Crippen molar-refractivity contribution in [1.82, 2.24) is 14.2 Å². The van der Waals surface area contributed by atoms with Gasteiger partial charge in [0, 0.05) is 32.7 Å². The maximum atomic E-state index is 14.2. The van der Waals surface area contributed by atoms with Crippen LogP contribution in [0.4, 0.5) is 5.13 Å². The van der Waals surface area contributed by atoms with Gasteiger partial charge < -0.3 is 9.47 Å². The van der Waals surface area contributed by atoms with E-state index in [2.05, 4.69) is 30.9 Å². The van der Waals surface area contributed by atoms with Crippen molar-refractivity contribution in [2.24, 2.45) is 0 Å². The summed E-state index contributed by atoms with van der Waals surface area (Å²) in [5.41, 5.74) is 3.19. The van der Waals surface area contributed by atoms with Gasteiger partial charge in [-0.25, -0.2) is 13.4 Å². The number of hydrogen-bond donors (Lipinski definition) is 0. The van der Waals surface area contributed by atoms with Crippen molar-refractivity contribution in [3.8, 4) is 5.75 Å². The zero-order valence-corrected chi connectivity index (χ0v) is 24.4. The summed E-state index contributed by atoms with van der Waals surface area (Å²) in [4.78, 5) is 23.2. The lowest BCUT2D eigenvalue weighted by Gasteiger charge is -2.30. The van der Waals surface area contributed by atoms with Gasteiger partial charge in [-0.15, -0.1) is 0 Å². The molecule has 2 saturated heterocycles.